The van der Waals surface area contributed by atoms with Crippen LogP contribution in [-0.4, -0.2) is 0 Å². The van der Waals surface area contributed by atoms with Crippen LogP contribution < -0.4 is 10.5 Å². The predicted molar refractivity (Wildman–Crippen MR) is 66.3 cm³/mol. The van der Waals surface area contributed by atoms with Crippen molar-refractivity contribution in [1.29, 1.82) is 0 Å². The van der Waals surface area contributed by atoms with Gasteiger partial charge < -0.3 is 10.5 Å². The Hall–Kier alpha value is -1.96. The zero-order valence-corrected chi connectivity index (χ0v) is 9.26. The van der Waals surface area contributed by atoms with Gasteiger partial charge in [-0.2, -0.15) is 0 Å². The second-order valence-corrected chi connectivity index (χ2v) is 3.74. The summed E-state index contributed by atoms with van der Waals surface area (Å²) in [5.41, 5.74) is 7.54. The molecule has 82 valence electrons. The molecule has 0 radical (unpaired) electrons. The third-order valence-electron chi connectivity index (χ3n) is 2.46. The molecule has 2 aromatic carbocycles. The van der Waals surface area contributed by atoms with E-state index in [2.05, 4.69) is 0 Å². The highest BCUT2D eigenvalue weighted by molar-refractivity contribution is 5.40. The SMILES string of the molecule is CC(Oc1ccccc1)c1ccc(N)cc1. The van der Waals surface area contributed by atoms with Gasteiger partial charge in [-0.15, -0.1) is 0 Å². The molecule has 0 aliphatic carbocycles. The highest BCUT2D eigenvalue weighted by atomic mass is 16.5. The van der Waals surface area contributed by atoms with Crippen molar-refractivity contribution in [2.45, 2.75) is 13.0 Å². The Bertz CT molecular complexity index is 436. The molecular weight excluding hydrogens is 198 g/mol. The number of hydrogen-bond acceptors (Lipinski definition) is 2. The van der Waals surface area contributed by atoms with Crippen LogP contribution in [0.15, 0.2) is 54.6 Å². The fourth-order valence-electron chi connectivity index (χ4n) is 1.54. The van der Waals surface area contributed by atoms with Gasteiger partial charge in [0.1, 0.15) is 11.9 Å². The Morgan fingerprint density at radius 1 is 0.938 bits per heavy atom. The number of para-hydroxylation sites is 1. The normalized spacial score (nSPS) is 12.1. The van der Waals surface area contributed by atoms with Gasteiger partial charge in [-0.3, -0.25) is 0 Å². The van der Waals surface area contributed by atoms with Gasteiger partial charge in [0.05, 0.1) is 0 Å². The molecule has 1 atom stereocenters. The maximum absolute atomic E-state index is 5.80. The average molecular weight is 213 g/mol. The van der Waals surface area contributed by atoms with Crippen molar-refractivity contribution in [1.82, 2.24) is 0 Å². The fourth-order valence-corrected chi connectivity index (χ4v) is 1.54. The van der Waals surface area contributed by atoms with Crippen LogP contribution in [0.2, 0.25) is 0 Å². The van der Waals surface area contributed by atoms with Crippen molar-refractivity contribution < 1.29 is 4.74 Å². The van der Waals surface area contributed by atoms with Crippen molar-refractivity contribution >= 4 is 5.69 Å². The summed E-state index contributed by atoms with van der Waals surface area (Å²) < 4.78 is 5.80. The summed E-state index contributed by atoms with van der Waals surface area (Å²) in [5.74, 6) is 0.881. The molecule has 0 saturated carbocycles. The summed E-state index contributed by atoms with van der Waals surface area (Å²) in [6.07, 6.45) is 0.0306. The minimum atomic E-state index is 0.0306. The van der Waals surface area contributed by atoms with Crippen LogP contribution in [0.5, 0.6) is 5.75 Å². The second kappa shape index (κ2) is 4.71. The number of benzene rings is 2. The lowest BCUT2D eigenvalue weighted by Crippen LogP contribution is -2.02. The molecule has 0 heterocycles. The number of ether oxygens (including phenoxy) is 1. The molecular formula is C14H15NO. The molecule has 2 aromatic rings. The minimum absolute atomic E-state index is 0.0306. The smallest absolute Gasteiger partial charge is 0.121 e. The van der Waals surface area contributed by atoms with Crippen LogP contribution in [0.3, 0.4) is 0 Å². The van der Waals surface area contributed by atoms with Gasteiger partial charge in [0, 0.05) is 5.69 Å². The highest BCUT2D eigenvalue weighted by Gasteiger charge is 2.06. The van der Waals surface area contributed by atoms with E-state index in [1.807, 2.05) is 61.5 Å². The highest BCUT2D eigenvalue weighted by Crippen LogP contribution is 2.21. The van der Waals surface area contributed by atoms with Crippen LogP contribution in [0.25, 0.3) is 0 Å². The topological polar surface area (TPSA) is 35.2 Å². The third kappa shape index (κ3) is 2.54. The number of anilines is 1. The van der Waals surface area contributed by atoms with E-state index < -0.39 is 0 Å². The zero-order chi connectivity index (χ0) is 11.4. The Kier molecular flexibility index (Phi) is 3.10. The first-order chi connectivity index (χ1) is 7.75. The van der Waals surface area contributed by atoms with Crippen LogP contribution in [0.4, 0.5) is 5.69 Å². The van der Waals surface area contributed by atoms with E-state index in [4.69, 9.17) is 10.5 Å². The van der Waals surface area contributed by atoms with Gasteiger partial charge in [-0.25, -0.2) is 0 Å². The van der Waals surface area contributed by atoms with Crippen LogP contribution >= 0.6 is 0 Å². The van der Waals surface area contributed by atoms with Crippen LogP contribution in [0.1, 0.15) is 18.6 Å². The number of hydrogen-bond donors (Lipinski definition) is 1. The standard InChI is InChI=1S/C14H15NO/c1-11(12-7-9-13(15)10-8-12)16-14-5-3-2-4-6-14/h2-11H,15H2,1H3. The first-order valence-corrected chi connectivity index (χ1v) is 5.33. The van der Waals surface area contributed by atoms with E-state index in [9.17, 15) is 0 Å². The third-order valence-corrected chi connectivity index (χ3v) is 2.46. The quantitative estimate of drug-likeness (QED) is 0.793. The van der Waals surface area contributed by atoms with Crippen LogP contribution in [-0.2, 0) is 0 Å². The van der Waals surface area contributed by atoms with Gasteiger partial charge in [0.15, 0.2) is 0 Å². The first kappa shape index (κ1) is 10.6. The zero-order valence-electron chi connectivity index (χ0n) is 9.26. The summed E-state index contributed by atoms with van der Waals surface area (Å²) in [6.45, 7) is 2.03. The summed E-state index contributed by atoms with van der Waals surface area (Å²) >= 11 is 0. The lowest BCUT2D eigenvalue weighted by molar-refractivity contribution is 0.227. The maximum Gasteiger partial charge on any atom is 0.121 e. The molecule has 2 rings (SSSR count). The molecule has 0 saturated heterocycles. The van der Waals surface area contributed by atoms with E-state index in [0.717, 1.165) is 17.0 Å². The summed E-state index contributed by atoms with van der Waals surface area (Å²) in [7, 11) is 0. The molecule has 0 bridgehead atoms. The Labute approximate surface area is 95.7 Å². The molecule has 0 fully saturated rings. The van der Waals surface area contributed by atoms with Gasteiger partial charge >= 0.3 is 0 Å². The molecule has 0 aliphatic rings. The van der Waals surface area contributed by atoms with Crippen molar-refractivity contribution in [2.75, 3.05) is 5.73 Å². The van der Waals surface area contributed by atoms with Gasteiger partial charge in [0.25, 0.3) is 0 Å². The number of rotatable bonds is 3. The minimum Gasteiger partial charge on any atom is -0.486 e. The Balaban J connectivity index is 2.09. The molecule has 0 amide bonds. The predicted octanol–water partition coefficient (Wildman–Crippen LogP) is 3.41. The molecule has 2 N–H and O–H groups in total. The molecule has 0 aromatic heterocycles. The molecule has 2 nitrogen and oxygen atoms in total. The molecule has 16 heavy (non-hydrogen) atoms. The largest absolute Gasteiger partial charge is 0.486 e. The Morgan fingerprint density at radius 3 is 2.19 bits per heavy atom. The summed E-state index contributed by atoms with van der Waals surface area (Å²) in [6, 6.07) is 17.6. The monoisotopic (exact) mass is 213 g/mol. The van der Waals surface area contributed by atoms with E-state index in [0.29, 0.717) is 0 Å². The van der Waals surface area contributed by atoms with Crippen molar-refractivity contribution in [2.24, 2.45) is 0 Å². The van der Waals surface area contributed by atoms with Crippen molar-refractivity contribution in [3.63, 3.8) is 0 Å². The molecule has 0 aliphatic heterocycles. The summed E-state index contributed by atoms with van der Waals surface area (Å²) in [5, 5.41) is 0. The average Bonchev–Trinajstić information content (AvgIpc) is 2.31. The van der Waals surface area contributed by atoms with E-state index in [-0.39, 0.29) is 6.10 Å². The lowest BCUT2D eigenvalue weighted by Gasteiger charge is -2.15. The molecule has 0 spiro atoms. The van der Waals surface area contributed by atoms with E-state index in [1.54, 1.807) is 0 Å². The lowest BCUT2D eigenvalue weighted by atomic mass is 10.1. The molecule has 2 heteroatoms. The fraction of sp³-hybridized carbons (Fsp3) is 0.143. The van der Waals surface area contributed by atoms with Gasteiger partial charge in [0.2, 0.25) is 0 Å². The van der Waals surface area contributed by atoms with Gasteiger partial charge in [-0.05, 0) is 36.8 Å². The maximum atomic E-state index is 5.80. The number of nitrogen functional groups attached to an aromatic ring is 1. The molecule has 1 unspecified atom stereocenters. The Morgan fingerprint density at radius 2 is 1.56 bits per heavy atom. The number of nitrogens with two attached hydrogens (primary N) is 1. The van der Waals surface area contributed by atoms with E-state index >= 15 is 0 Å². The van der Waals surface area contributed by atoms with Gasteiger partial charge in [-0.1, -0.05) is 30.3 Å². The first-order valence-electron chi connectivity index (χ1n) is 5.33. The van der Waals surface area contributed by atoms with Crippen molar-refractivity contribution in [3.05, 3.63) is 60.2 Å². The summed E-state index contributed by atoms with van der Waals surface area (Å²) in [4.78, 5) is 0. The second-order valence-electron chi connectivity index (χ2n) is 3.74. The van der Waals surface area contributed by atoms with Crippen molar-refractivity contribution in [3.8, 4) is 5.75 Å². The van der Waals surface area contributed by atoms with E-state index in [1.165, 1.54) is 0 Å². The van der Waals surface area contributed by atoms with Crippen LogP contribution in [0, 0.1) is 0 Å².